The molecule has 0 aromatic heterocycles. The van der Waals surface area contributed by atoms with E-state index in [1.54, 1.807) is 12.1 Å². The van der Waals surface area contributed by atoms with Crippen LogP contribution in [0.5, 0.6) is 0 Å². The highest BCUT2D eigenvalue weighted by atomic mass is 35.5. The Hall–Kier alpha value is -1.52. The summed E-state index contributed by atoms with van der Waals surface area (Å²) in [5.74, 6) is -1.10. The van der Waals surface area contributed by atoms with Gasteiger partial charge in [0.15, 0.2) is 0 Å². The first-order chi connectivity index (χ1) is 8.02. The van der Waals surface area contributed by atoms with E-state index in [2.05, 4.69) is 10.1 Å². The van der Waals surface area contributed by atoms with Crippen molar-refractivity contribution in [1.82, 2.24) is 0 Å². The van der Waals surface area contributed by atoms with Crippen LogP contribution >= 0.6 is 23.2 Å². The quantitative estimate of drug-likeness (QED) is 0.681. The zero-order valence-electron chi connectivity index (χ0n) is 8.87. The highest BCUT2D eigenvalue weighted by molar-refractivity contribution is 6.36. The van der Waals surface area contributed by atoms with Crippen LogP contribution in [0.4, 0.5) is 5.69 Å². The first-order valence-corrected chi connectivity index (χ1v) is 5.30. The molecule has 0 bridgehead atoms. The number of amides is 1. The van der Waals surface area contributed by atoms with E-state index in [4.69, 9.17) is 23.2 Å². The Kier molecular flexibility index (Phi) is 5.00. The summed E-state index contributed by atoms with van der Waals surface area (Å²) in [6, 6.07) is 4.66. The monoisotopic (exact) mass is 273 g/mol. The van der Waals surface area contributed by atoms with E-state index in [-0.39, 0.29) is 0 Å². The Bertz CT molecular complexity index is 472. The van der Waals surface area contributed by atoms with E-state index in [0.717, 1.165) is 12.2 Å². The van der Waals surface area contributed by atoms with Crippen LogP contribution in [-0.2, 0) is 14.3 Å². The molecule has 0 saturated heterocycles. The van der Waals surface area contributed by atoms with Crippen molar-refractivity contribution in [3.05, 3.63) is 40.4 Å². The van der Waals surface area contributed by atoms with Crippen molar-refractivity contribution in [2.24, 2.45) is 0 Å². The van der Waals surface area contributed by atoms with E-state index in [1.165, 1.54) is 13.2 Å². The topological polar surface area (TPSA) is 55.4 Å². The highest BCUT2D eigenvalue weighted by Crippen LogP contribution is 2.25. The number of hydrogen-bond donors (Lipinski definition) is 1. The van der Waals surface area contributed by atoms with Crippen LogP contribution in [0.1, 0.15) is 0 Å². The number of rotatable bonds is 3. The molecule has 0 aliphatic rings. The summed E-state index contributed by atoms with van der Waals surface area (Å²) in [5, 5.41) is 3.28. The summed E-state index contributed by atoms with van der Waals surface area (Å²) in [6.45, 7) is 0. The maximum absolute atomic E-state index is 11.4. The average molecular weight is 274 g/mol. The lowest BCUT2D eigenvalue weighted by Gasteiger charge is -2.04. The van der Waals surface area contributed by atoms with Gasteiger partial charge in [-0.05, 0) is 18.2 Å². The Balaban J connectivity index is 2.68. The van der Waals surface area contributed by atoms with E-state index >= 15 is 0 Å². The summed E-state index contributed by atoms with van der Waals surface area (Å²) < 4.78 is 4.34. The van der Waals surface area contributed by atoms with Crippen LogP contribution < -0.4 is 5.32 Å². The highest BCUT2D eigenvalue weighted by Gasteiger charge is 2.04. The number of nitrogens with one attached hydrogen (secondary N) is 1. The smallest absolute Gasteiger partial charge is 0.330 e. The maximum Gasteiger partial charge on any atom is 0.330 e. The van der Waals surface area contributed by atoms with Crippen molar-refractivity contribution in [2.75, 3.05) is 12.4 Å². The van der Waals surface area contributed by atoms with Gasteiger partial charge >= 0.3 is 5.97 Å². The molecule has 0 unspecified atom stereocenters. The number of esters is 1. The normalized spacial score (nSPS) is 10.3. The minimum absolute atomic E-state index is 0.317. The van der Waals surface area contributed by atoms with E-state index in [0.29, 0.717) is 15.7 Å². The molecule has 6 heteroatoms. The zero-order valence-corrected chi connectivity index (χ0v) is 10.4. The minimum Gasteiger partial charge on any atom is -0.466 e. The van der Waals surface area contributed by atoms with Gasteiger partial charge in [0, 0.05) is 17.2 Å². The predicted molar refractivity (Wildman–Crippen MR) is 66.2 cm³/mol. The molecule has 90 valence electrons. The summed E-state index contributed by atoms with van der Waals surface area (Å²) in [4.78, 5) is 22.1. The molecule has 0 radical (unpaired) electrons. The van der Waals surface area contributed by atoms with Gasteiger partial charge in [-0.25, -0.2) is 4.79 Å². The van der Waals surface area contributed by atoms with Gasteiger partial charge < -0.3 is 10.1 Å². The second-order valence-electron chi connectivity index (χ2n) is 2.97. The number of carbonyl (C=O) groups is 2. The summed E-state index contributed by atoms with van der Waals surface area (Å²) in [6.07, 6.45) is 2.07. The molecular weight excluding hydrogens is 265 g/mol. The number of carbonyl (C=O) groups excluding carboxylic acids is 2. The predicted octanol–water partition coefficient (Wildman–Crippen LogP) is 2.66. The Morgan fingerprint density at radius 1 is 1.29 bits per heavy atom. The molecule has 0 atom stereocenters. The van der Waals surface area contributed by atoms with Gasteiger partial charge in [-0.15, -0.1) is 0 Å². The van der Waals surface area contributed by atoms with Gasteiger partial charge in [0.25, 0.3) is 0 Å². The van der Waals surface area contributed by atoms with E-state index in [1.807, 2.05) is 0 Å². The summed E-state index contributed by atoms with van der Waals surface area (Å²) >= 11 is 11.6. The molecular formula is C11H9Cl2NO3. The molecule has 0 aliphatic heterocycles. The number of hydrogen-bond acceptors (Lipinski definition) is 3. The molecule has 0 spiro atoms. The molecule has 17 heavy (non-hydrogen) atoms. The molecule has 0 heterocycles. The average Bonchev–Trinajstić information content (AvgIpc) is 2.29. The largest absolute Gasteiger partial charge is 0.466 e. The SMILES string of the molecule is COC(=O)/C=C\C(=O)Nc1ccc(Cl)cc1Cl. The fourth-order valence-corrected chi connectivity index (χ4v) is 1.43. The fourth-order valence-electron chi connectivity index (χ4n) is 0.977. The fraction of sp³-hybridized carbons (Fsp3) is 0.0909. The second kappa shape index (κ2) is 6.27. The lowest BCUT2D eigenvalue weighted by Crippen LogP contribution is -2.09. The first kappa shape index (κ1) is 13.5. The molecule has 1 amide bonds. The van der Waals surface area contributed by atoms with Crippen LogP contribution in [0.25, 0.3) is 0 Å². The molecule has 1 aromatic carbocycles. The number of ether oxygens (including phenoxy) is 1. The van der Waals surface area contributed by atoms with Gasteiger partial charge in [-0.1, -0.05) is 23.2 Å². The third-order valence-electron chi connectivity index (χ3n) is 1.76. The van der Waals surface area contributed by atoms with Crippen LogP contribution in [0, 0.1) is 0 Å². The van der Waals surface area contributed by atoms with E-state index < -0.39 is 11.9 Å². The third-order valence-corrected chi connectivity index (χ3v) is 2.31. The Labute approximate surface area is 108 Å². The van der Waals surface area contributed by atoms with Crippen molar-refractivity contribution >= 4 is 40.8 Å². The maximum atomic E-state index is 11.4. The van der Waals surface area contributed by atoms with Crippen LogP contribution in [0.2, 0.25) is 10.0 Å². The lowest BCUT2D eigenvalue weighted by atomic mass is 10.3. The zero-order chi connectivity index (χ0) is 12.8. The molecule has 0 saturated carbocycles. The van der Waals surface area contributed by atoms with Gasteiger partial charge in [-0.3, -0.25) is 4.79 Å². The molecule has 4 nitrogen and oxygen atoms in total. The van der Waals surface area contributed by atoms with Crippen molar-refractivity contribution < 1.29 is 14.3 Å². The number of benzene rings is 1. The second-order valence-corrected chi connectivity index (χ2v) is 3.81. The van der Waals surface area contributed by atoms with Gasteiger partial charge in [0.05, 0.1) is 17.8 Å². The number of halogens is 2. The minimum atomic E-state index is -0.609. The van der Waals surface area contributed by atoms with Crippen molar-refractivity contribution in [2.45, 2.75) is 0 Å². The van der Waals surface area contributed by atoms with Gasteiger partial charge in [0.2, 0.25) is 5.91 Å². The van der Waals surface area contributed by atoms with Crippen molar-refractivity contribution in [3.8, 4) is 0 Å². The molecule has 1 N–H and O–H groups in total. The Morgan fingerprint density at radius 2 is 2.00 bits per heavy atom. The molecule has 1 aromatic rings. The number of methoxy groups -OCH3 is 1. The van der Waals surface area contributed by atoms with Crippen LogP contribution in [0.15, 0.2) is 30.4 Å². The van der Waals surface area contributed by atoms with Crippen LogP contribution in [0.3, 0.4) is 0 Å². The molecule has 1 rings (SSSR count). The Morgan fingerprint density at radius 3 is 2.59 bits per heavy atom. The third kappa shape index (κ3) is 4.46. The van der Waals surface area contributed by atoms with Gasteiger partial charge in [-0.2, -0.15) is 0 Å². The summed E-state index contributed by atoms with van der Waals surface area (Å²) in [5.41, 5.74) is 0.413. The van der Waals surface area contributed by atoms with Crippen molar-refractivity contribution in [3.63, 3.8) is 0 Å². The van der Waals surface area contributed by atoms with Gasteiger partial charge in [0.1, 0.15) is 0 Å². The standard InChI is InChI=1S/C11H9Cl2NO3/c1-17-11(16)5-4-10(15)14-9-3-2-7(12)6-8(9)13/h2-6H,1H3,(H,14,15)/b5-4-. The molecule has 0 aliphatic carbocycles. The van der Waals surface area contributed by atoms with Crippen molar-refractivity contribution in [1.29, 1.82) is 0 Å². The van der Waals surface area contributed by atoms with E-state index in [9.17, 15) is 9.59 Å². The molecule has 0 fully saturated rings. The first-order valence-electron chi connectivity index (χ1n) is 4.55. The summed E-state index contributed by atoms with van der Waals surface area (Å²) in [7, 11) is 1.22. The number of anilines is 1. The van der Waals surface area contributed by atoms with Crippen LogP contribution in [-0.4, -0.2) is 19.0 Å². The lowest BCUT2D eigenvalue weighted by molar-refractivity contribution is -0.135.